The Kier molecular flexibility index (Phi) is 6.92. The van der Waals surface area contributed by atoms with E-state index in [2.05, 4.69) is 10.0 Å². The van der Waals surface area contributed by atoms with Crippen LogP contribution < -0.4 is 15.8 Å². The Morgan fingerprint density at radius 2 is 1.72 bits per heavy atom. The number of sulfonamides is 1. The molecule has 0 saturated carbocycles. The van der Waals surface area contributed by atoms with Gasteiger partial charge in [0.05, 0.1) is 35.8 Å². The minimum atomic E-state index is -3.91. The molecule has 1 fully saturated rings. The summed E-state index contributed by atoms with van der Waals surface area (Å²) in [5.74, 6) is -5.81. The zero-order valence-corrected chi connectivity index (χ0v) is 19.7. The number of primary amides is 1. The van der Waals surface area contributed by atoms with Gasteiger partial charge in [0, 0.05) is 6.42 Å². The molecule has 4 N–H and O–H groups in total. The first kappa shape index (κ1) is 25.5. The highest BCUT2D eigenvalue weighted by molar-refractivity contribution is 7.93. The standard InChI is InChI=1S/C24H21F4N3O4S/c1-12-5-6-18(17(25)7-12)30-23-16(24(29)32)9-14(21(27)22(23)28)8-13-3-2-4-19(20(13)26)31-36(33,34)15-10-35-11-15/h2-7,9,15,30-31H,8,10-11H2,1H3,(H2,29,32). The number of ether oxygens (including phenoxy) is 1. The Labute approximate surface area is 204 Å². The fraction of sp³-hybridized carbons (Fsp3) is 0.208. The Bertz CT molecular complexity index is 1460. The van der Waals surface area contributed by atoms with E-state index in [9.17, 15) is 17.6 Å². The van der Waals surface area contributed by atoms with Crippen LogP contribution in [0.4, 0.5) is 34.6 Å². The highest BCUT2D eigenvalue weighted by Crippen LogP contribution is 2.32. The molecule has 0 spiro atoms. The van der Waals surface area contributed by atoms with Crippen molar-refractivity contribution < 1.29 is 35.5 Å². The lowest BCUT2D eigenvalue weighted by Gasteiger charge is -2.26. The smallest absolute Gasteiger partial charge is 0.250 e. The highest BCUT2D eigenvalue weighted by Gasteiger charge is 2.33. The second kappa shape index (κ2) is 9.78. The molecule has 0 aromatic heterocycles. The van der Waals surface area contributed by atoms with Gasteiger partial charge in [0.25, 0.3) is 5.91 Å². The molecule has 0 atom stereocenters. The van der Waals surface area contributed by atoms with Gasteiger partial charge in [-0.2, -0.15) is 0 Å². The number of aryl methyl sites for hydroxylation is 1. The van der Waals surface area contributed by atoms with Crippen LogP contribution in [0, 0.1) is 30.2 Å². The SMILES string of the molecule is Cc1ccc(Nc2c(C(N)=O)cc(Cc3cccc(NS(=O)(=O)C4COC4)c3F)c(F)c2F)c(F)c1. The number of benzene rings is 3. The van der Waals surface area contributed by atoms with E-state index in [1.54, 1.807) is 6.92 Å². The maximum atomic E-state index is 15.1. The molecule has 4 rings (SSSR count). The summed E-state index contributed by atoms with van der Waals surface area (Å²) in [6.07, 6.45) is -0.532. The van der Waals surface area contributed by atoms with E-state index in [1.165, 1.54) is 30.3 Å². The van der Waals surface area contributed by atoms with Gasteiger partial charge in [-0.15, -0.1) is 0 Å². The summed E-state index contributed by atoms with van der Waals surface area (Å²) in [5.41, 5.74) is 3.63. The van der Waals surface area contributed by atoms with Crippen molar-refractivity contribution in [2.45, 2.75) is 18.6 Å². The maximum absolute atomic E-state index is 15.1. The summed E-state index contributed by atoms with van der Waals surface area (Å²) in [7, 11) is -3.91. The van der Waals surface area contributed by atoms with E-state index in [0.29, 0.717) is 5.56 Å². The monoisotopic (exact) mass is 523 g/mol. The van der Waals surface area contributed by atoms with Crippen LogP contribution in [0.2, 0.25) is 0 Å². The van der Waals surface area contributed by atoms with E-state index in [-0.39, 0.29) is 30.2 Å². The molecule has 190 valence electrons. The average molecular weight is 524 g/mol. The largest absolute Gasteiger partial charge is 0.378 e. The van der Waals surface area contributed by atoms with E-state index >= 15 is 13.2 Å². The van der Waals surface area contributed by atoms with E-state index in [4.69, 9.17) is 10.5 Å². The molecule has 7 nitrogen and oxygen atoms in total. The van der Waals surface area contributed by atoms with Crippen LogP contribution in [0.1, 0.15) is 27.0 Å². The van der Waals surface area contributed by atoms with Crippen LogP contribution in [0.15, 0.2) is 42.5 Å². The summed E-state index contributed by atoms with van der Waals surface area (Å²) in [6, 6.07) is 8.71. The minimum absolute atomic E-state index is 0.0239. The Hall–Kier alpha value is -3.64. The molecule has 1 amide bonds. The topological polar surface area (TPSA) is 111 Å². The minimum Gasteiger partial charge on any atom is -0.378 e. The van der Waals surface area contributed by atoms with Crippen molar-refractivity contribution in [3.05, 3.63) is 88.0 Å². The van der Waals surface area contributed by atoms with Gasteiger partial charge < -0.3 is 15.8 Å². The van der Waals surface area contributed by atoms with Crippen LogP contribution >= 0.6 is 0 Å². The molecule has 3 aromatic carbocycles. The fourth-order valence-electron chi connectivity index (χ4n) is 3.61. The van der Waals surface area contributed by atoms with Gasteiger partial charge in [-0.3, -0.25) is 9.52 Å². The van der Waals surface area contributed by atoms with Gasteiger partial charge >= 0.3 is 0 Å². The summed E-state index contributed by atoms with van der Waals surface area (Å²) >= 11 is 0. The highest BCUT2D eigenvalue weighted by atomic mass is 32.2. The number of nitrogens with one attached hydrogen (secondary N) is 2. The fourth-order valence-corrected chi connectivity index (χ4v) is 4.79. The van der Waals surface area contributed by atoms with Crippen molar-refractivity contribution in [3.8, 4) is 0 Å². The molecule has 1 saturated heterocycles. The first-order valence-electron chi connectivity index (χ1n) is 10.7. The van der Waals surface area contributed by atoms with Crippen LogP contribution in [0.25, 0.3) is 0 Å². The molecule has 0 bridgehead atoms. The lowest BCUT2D eigenvalue weighted by Crippen LogP contribution is -2.43. The first-order chi connectivity index (χ1) is 17.0. The molecule has 1 heterocycles. The summed E-state index contributed by atoms with van der Waals surface area (Å²) in [4.78, 5) is 12.0. The zero-order valence-electron chi connectivity index (χ0n) is 18.9. The molecule has 1 aliphatic heterocycles. The summed E-state index contributed by atoms with van der Waals surface area (Å²) in [5, 5.41) is 1.54. The number of carbonyl (C=O) groups excluding carboxylic acids is 1. The molecule has 36 heavy (non-hydrogen) atoms. The van der Waals surface area contributed by atoms with Crippen molar-refractivity contribution in [3.63, 3.8) is 0 Å². The number of nitrogens with two attached hydrogens (primary N) is 1. The first-order valence-corrected chi connectivity index (χ1v) is 12.2. The van der Waals surface area contributed by atoms with Gasteiger partial charge in [-0.1, -0.05) is 18.2 Å². The Morgan fingerprint density at radius 1 is 1.00 bits per heavy atom. The lowest BCUT2D eigenvalue weighted by molar-refractivity contribution is 0.0418. The third-order valence-corrected chi connectivity index (χ3v) is 7.34. The Balaban J connectivity index is 1.68. The van der Waals surface area contributed by atoms with E-state index in [0.717, 1.165) is 12.1 Å². The van der Waals surface area contributed by atoms with Crippen molar-refractivity contribution in [2.24, 2.45) is 5.73 Å². The third kappa shape index (κ3) is 5.00. The molecular formula is C24H21F4N3O4S. The van der Waals surface area contributed by atoms with Crippen LogP contribution in [0.5, 0.6) is 0 Å². The second-order valence-electron chi connectivity index (χ2n) is 8.32. The molecular weight excluding hydrogens is 502 g/mol. The molecule has 0 radical (unpaired) electrons. The van der Waals surface area contributed by atoms with Crippen molar-refractivity contribution >= 4 is 33.0 Å². The van der Waals surface area contributed by atoms with Crippen LogP contribution in [-0.2, 0) is 21.2 Å². The van der Waals surface area contributed by atoms with E-state index in [1.807, 2.05) is 0 Å². The van der Waals surface area contributed by atoms with Gasteiger partial charge in [0.1, 0.15) is 11.1 Å². The van der Waals surface area contributed by atoms with E-state index < -0.39 is 67.7 Å². The predicted octanol–water partition coefficient (Wildman–Crippen LogP) is 4.13. The number of carbonyl (C=O) groups is 1. The van der Waals surface area contributed by atoms with Crippen molar-refractivity contribution in [1.82, 2.24) is 0 Å². The second-order valence-corrected chi connectivity index (χ2v) is 10.3. The summed E-state index contributed by atoms with van der Waals surface area (Å²) in [6.45, 7) is 1.59. The van der Waals surface area contributed by atoms with Crippen LogP contribution in [-0.4, -0.2) is 32.8 Å². The number of anilines is 3. The Morgan fingerprint density at radius 3 is 2.33 bits per heavy atom. The van der Waals surface area contributed by atoms with Crippen molar-refractivity contribution in [1.29, 1.82) is 0 Å². The average Bonchev–Trinajstić information content (AvgIpc) is 2.75. The molecule has 0 unspecified atom stereocenters. The summed E-state index contributed by atoms with van der Waals surface area (Å²) < 4.78 is 91.0. The van der Waals surface area contributed by atoms with Gasteiger partial charge in [0.2, 0.25) is 10.0 Å². The quantitative estimate of drug-likeness (QED) is 0.385. The number of rotatable bonds is 8. The number of halogens is 4. The number of amides is 1. The molecule has 0 aliphatic carbocycles. The number of hydrogen-bond acceptors (Lipinski definition) is 5. The van der Waals surface area contributed by atoms with Gasteiger partial charge in [-0.05, 0) is 47.9 Å². The van der Waals surface area contributed by atoms with Gasteiger partial charge in [0.15, 0.2) is 17.5 Å². The normalized spacial score (nSPS) is 13.8. The molecule has 3 aromatic rings. The van der Waals surface area contributed by atoms with Crippen molar-refractivity contribution in [2.75, 3.05) is 23.3 Å². The van der Waals surface area contributed by atoms with Crippen LogP contribution in [0.3, 0.4) is 0 Å². The lowest BCUT2D eigenvalue weighted by atomic mass is 9.99. The molecule has 12 heteroatoms. The number of hydrogen-bond donors (Lipinski definition) is 3. The molecule has 1 aliphatic rings. The zero-order chi connectivity index (χ0) is 26.2. The predicted molar refractivity (Wildman–Crippen MR) is 126 cm³/mol. The van der Waals surface area contributed by atoms with Gasteiger partial charge in [-0.25, -0.2) is 26.0 Å². The third-order valence-electron chi connectivity index (χ3n) is 5.69. The maximum Gasteiger partial charge on any atom is 0.250 e.